The zero-order valence-electron chi connectivity index (χ0n) is 10.7. The van der Waals surface area contributed by atoms with Gasteiger partial charge in [-0.25, -0.2) is 0 Å². The van der Waals surface area contributed by atoms with Crippen molar-refractivity contribution in [1.29, 1.82) is 0 Å². The highest BCUT2D eigenvalue weighted by Gasteiger charge is 2.42. The highest BCUT2D eigenvalue weighted by Crippen LogP contribution is 2.34. The summed E-state index contributed by atoms with van der Waals surface area (Å²) < 4.78 is 11.7. The van der Waals surface area contributed by atoms with Crippen molar-refractivity contribution in [3.8, 4) is 5.75 Å². The van der Waals surface area contributed by atoms with Crippen molar-refractivity contribution in [3.63, 3.8) is 0 Å². The Morgan fingerprint density at radius 2 is 2.17 bits per heavy atom. The van der Waals surface area contributed by atoms with E-state index in [9.17, 15) is 0 Å². The Hall–Kier alpha value is -0.440. The fraction of sp³-hybridized carbons (Fsp3) is 0.571. The highest BCUT2D eigenvalue weighted by atomic mass is 35.5. The molecule has 2 nitrogen and oxygen atoms in total. The molecule has 1 fully saturated rings. The van der Waals surface area contributed by atoms with Gasteiger partial charge in [0.1, 0.15) is 18.0 Å². The van der Waals surface area contributed by atoms with Gasteiger partial charge in [-0.3, -0.25) is 0 Å². The predicted octanol–water partition coefficient (Wildman–Crippen LogP) is 4.20. The van der Waals surface area contributed by atoms with Crippen molar-refractivity contribution in [2.24, 2.45) is 0 Å². The summed E-state index contributed by atoms with van der Waals surface area (Å²) in [6, 6.07) is 5.63. The van der Waals surface area contributed by atoms with E-state index in [-0.39, 0.29) is 17.6 Å². The fourth-order valence-electron chi connectivity index (χ4n) is 2.02. The summed E-state index contributed by atoms with van der Waals surface area (Å²) in [4.78, 5) is 0. The number of hydrogen-bond donors (Lipinski definition) is 0. The molecule has 0 aliphatic heterocycles. The highest BCUT2D eigenvalue weighted by molar-refractivity contribution is 6.30. The Kier molecular flexibility index (Phi) is 4.77. The van der Waals surface area contributed by atoms with Crippen LogP contribution in [0.1, 0.15) is 25.3 Å². The van der Waals surface area contributed by atoms with Crippen LogP contribution in [-0.2, 0) is 4.74 Å². The van der Waals surface area contributed by atoms with Crippen LogP contribution in [0.2, 0.25) is 5.02 Å². The number of alkyl halides is 1. The van der Waals surface area contributed by atoms with Crippen LogP contribution < -0.4 is 4.74 Å². The van der Waals surface area contributed by atoms with E-state index in [1.54, 1.807) is 0 Å². The third-order valence-corrected chi connectivity index (χ3v) is 3.77. The molecule has 0 bridgehead atoms. The minimum absolute atomic E-state index is 0.00157. The number of ether oxygens (including phenoxy) is 2. The van der Waals surface area contributed by atoms with Gasteiger partial charge in [-0.1, -0.05) is 18.5 Å². The maximum Gasteiger partial charge on any atom is 0.128 e. The lowest BCUT2D eigenvalue weighted by atomic mass is 9.90. The smallest absolute Gasteiger partial charge is 0.128 e. The van der Waals surface area contributed by atoms with E-state index in [1.165, 1.54) is 0 Å². The topological polar surface area (TPSA) is 18.5 Å². The SMILES string of the molecule is CCCOC1C(Cl)CC1Oc1ccc(Cl)cc1C. The first-order valence-corrected chi connectivity index (χ1v) is 7.11. The van der Waals surface area contributed by atoms with Crippen LogP contribution in [-0.4, -0.2) is 24.2 Å². The summed E-state index contributed by atoms with van der Waals surface area (Å²) in [5.74, 6) is 0.859. The van der Waals surface area contributed by atoms with E-state index in [0.29, 0.717) is 0 Å². The predicted molar refractivity (Wildman–Crippen MR) is 74.9 cm³/mol. The summed E-state index contributed by atoms with van der Waals surface area (Å²) in [6.45, 7) is 4.80. The third kappa shape index (κ3) is 3.11. The normalized spacial score (nSPS) is 26.8. The van der Waals surface area contributed by atoms with E-state index in [4.69, 9.17) is 32.7 Å². The van der Waals surface area contributed by atoms with Gasteiger partial charge in [0.25, 0.3) is 0 Å². The van der Waals surface area contributed by atoms with Gasteiger partial charge in [-0.15, -0.1) is 11.6 Å². The molecule has 100 valence electrons. The molecule has 1 saturated carbocycles. The molecular weight excluding hydrogens is 271 g/mol. The van der Waals surface area contributed by atoms with Crippen molar-refractivity contribution in [2.75, 3.05) is 6.61 Å². The molecule has 1 aromatic carbocycles. The largest absolute Gasteiger partial charge is 0.487 e. The Bertz CT molecular complexity index is 409. The number of hydrogen-bond acceptors (Lipinski definition) is 2. The van der Waals surface area contributed by atoms with E-state index < -0.39 is 0 Å². The number of rotatable bonds is 5. The summed E-state index contributed by atoms with van der Waals surface area (Å²) in [7, 11) is 0. The standard InChI is InChI=1S/C14H18Cl2O2/c1-3-6-17-14-11(16)8-13(14)18-12-5-4-10(15)7-9(12)2/h4-5,7,11,13-14H,3,6,8H2,1-2H3. The molecule has 0 N–H and O–H groups in total. The molecule has 1 aliphatic carbocycles. The van der Waals surface area contributed by atoms with Gasteiger partial charge in [-0.2, -0.15) is 0 Å². The van der Waals surface area contributed by atoms with Crippen LogP contribution in [0, 0.1) is 6.92 Å². The maximum atomic E-state index is 6.15. The summed E-state index contributed by atoms with van der Waals surface area (Å²) in [5.41, 5.74) is 1.04. The second-order valence-electron chi connectivity index (χ2n) is 4.65. The minimum atomic E-state index is 0.00157. The molecular formula is C14H18Cl2O2. The zero-order valence-corrected chi connectivity index (χ0v) is 12.2. The first-order valence-electron chi connectivity index (χ1n) is 6.30. The number of aryl methyl sites for hydroxylation is 1. The first-order chi connectivity index (χ1) is 8.61. The van der Waals surface area contributed by atoms with Gasteiger partial charge in [0.15, 0.2) is 0 Å². The molecule has 0 saturated heterocycles. The van der Waals surface area contributed by atoms with E-state index >= 15 is 0 Å². The molecule has 18 heavy (non-hydrogen) atoms. The summed E-state index contributed by atoms with van der Waals surface area (Å²) >= 11 is 12.1. The van der Waals surface area contributed by atoms with Gasteiger partial charge in [0.2, 0.25) is 0 Å². The molecule has 0 aromatic heterocycles. The molecule has 0 radical (unpaired) electrons. The molecule has 1 aliphatic rings. The Labute approximate surface area is 118 Å². The lowest BCUT2D eigenvalue weighted by Crippen LogP contribution is -2.52. The number of benzene rings is 1. The van der Waals surface area contributed by atoms with Gasteiger partial charge in [-0.05, 0) is 37.1 Å². The molecule has 0 heterocycles. The van der Waals surface area contributed by atoms with Crippen molar-refractivity contribution in [1.82, 2.24) is 0 Å². The van der Waals surface area contributed by atoms with E-state index in [1.807, 2.05) is 25.1 Å². The van der Waals surface area contributed by atoms with Crippen LogP contribution in [0.5, 0.6) is 5.75 Å². The van der Waals surface area contributed by atoms with Crippen LogP contribution in [0.3, 0.4) is 0 Å². The average Bonchev–Trinajstić information content (AvgIpc) is 2.32. The lowest BCUT2D eigenvalue weighted by molar-refractivity contribution is -0.0799. The maximum absolute atomic E-state index is 6.15. The summed E-state index contributed by atoms with van der Waals surface area (Å²) in [5, 5.41) is 0.789. The Balaban J connectivity index is 1.96. The summed E-state index contributed by atoms with van der Waals surface area (Å²) in [6.07, 6.45) is 1.88. The van der Waals surface area contributed by atoms with E-state index in [2.05, 4.69) is 6.92 Å². The molecule has 4 heteroatoms. The molecule has 0 amide bonds. The van der Waals surface area contributed by atoms with Gasteiger partial charge < -0.3 is 9.47 Å². The van der Waals surface area contributed by atoms with E-state index in [0.717, 1.165) is 35.8 Å². The second kappa shape index (κ2) is 6.14. The first kappa shape index (κ1) is 14.0. The Morgan fingerprint density at radius 1 is 1.39 bits per heavy atom. The molecule has 3 atom stereocenters. The van der Waals surface area contributed by atoms with Crippen molar-refractivity contribution < 1.29 is 9.47 Å². The number of halogens is 2. The van der Waals surface area contributed by atoms with Gasteiger partial charge >= 0.3 is 0 Å². The van der Waals surface area contributed by atoms with Crippen molar-refractivity contribution in [2.45, 2.75) is 44.3 Å². The molecule has 0 spiro atoms. The lowest BCUT2D eigenvalue weighted by Gasteiger charge is -2.40. The molecule has 2 rings (SSSR count). The minimum Gasteiger partial charge on any atom is -0.487 e. The molecule has 1 aromatic rings. The van der Waals surface area contributed by atoms with Crippen molar-refractivity contribution >= 4 is 23.2 Å². The monoisotopic (exact) mass is 288 g/mol. The molecule has 3 unspecified atom stereocenters. The third-order valence-electron chi connectivity index (χ3n) is 3.11. The van der Waals surface area contributed by atoms with Crippen LogP contribution in [0.15, 0.2) is 18.2 Å². The second-order valence-corrected chi connectivity index (χ2v) is 5.65. The average molecular weight is 289 g/mol. The van der Waals surface area contributed by atoms with Crippen LogP contribution in [0.25, 0.3) is 0 Å². The zero-order chi connectivity index (χ0) is 13.1. The van der Waals surface area contributed by atoms with Gasteiger partial charge in [0.05, 0.1) is 5.38 Å². The quantitative estimate of drug-likeness (QED) is 0.756. The van der Waals surface area contributed by atoms with Gasteiger partial charge in [0, 0.05) is 18.1 Å². The van der Waals surface area contributed by atoms with Crippen LogP contribution in [0.4, 0.5) is 0 Å². The van der Waals surface area contributed by atoms with Crippen LogP contribution >= 0.6 is 23.2 Å². The van der Waals surface area contributed by atoms with Crippen molar-refractivity contribution in [3.05, 3.63) is 28.8 Å². The Morgan fingerprint density at radius 3 is 2.78 bits per heavy atom. The fourth-order valence-corrected chi connectivity index (χ4v) is 2.65.